The Morgan fingerprint density at radius 3 is 2.04 bits per heavy atom. The van der Waals surface area contributed by atoms with E-state index < -0.39 is 5.41 Å². The Balaban J connectivity index is 2.39. The lowest BCUT2D eigenvalue weighted by atomic mass is 9.72. The van der Waals surface area contributed by atoms with E-state index in [1.165, 1.54) is 6.08 Å². The van der Waals surface area contributed by atoms with Crippen molar-refractivity contribution in [3.63, 3.8) is 0 Å². The largest absolute Gasteiger partial charge is 0.508 e. The second kappa shape index (κ2) is 7.68. The fourth-order valence-electron chi connectivity index (χ4n) is 2.87. The molecule has 24 heavy (non-hydrogen) atoms. The van der Waals surface area contributed by atoms with Gasteiger partial charge in [-0.2, -0.15) is 0 Å². The van der Waals surface area contributed by atoms with Crippen LogP contribution in [0.15, 0.2) is 61.2 Å². The van der Waals surface area contributed by atoms with Crippen LogP contribution in [0.4, 0.5) is 0 Å². The highest BCUT2D eigenvalue weighted by Crippen LogP contribution is 2.43. The number of aromatic hydroxyl groups is 2. The quantitative estimate of drug-likeness (QED) is 0.598. The molecule has 0 saturated heterocycles. The fraction of sp³-hybridized carbons (Fsp3) is 0.250. The lowest BCUT2D eigenvalue weighted by Crippen LogP contribution is -2.25. The first-order valence-corrected chi connectivity index (χ1v) is 7.82. The van der Waals surface area contributed by atoms with Gasteiger partial charge in [-0.1, -0.05) is 56.0 Å². The molecule has 0 fully saturated rings. The van der Waals surface area contributed by atoms with Gasteiger partial charge in [0.15, 0.2) is 0 Å². The van der Waals surface area contributed by atoms with Gasteiger partial charge in [0.1, 0.15) is 18.1 Å². The summed E-state index contributed by atoms with van der Waals surface area (Å²) in [7, 11) is 0. The summed E-state index contributed by atoms with van der Waals surface area (Å²) in [6.07, 6.45) is 2.06. The third-order valence-corrected chi connectivity index (χ3v) is 4.19. The Hall–Kier alpha value is -2.75. The van der Waals surface area contributed by atoms with Crippen LogP contribution in [-0.4, -0.2) is 22.8 Å². The number of esters is 1. The van der Waals surface area contributed by atoms with Crippen LogP contribution in [0.5, 0.6) is 11.5 Å². The van der Waals surface area contributed by atoms with Gasteiger partial charge < -0.3 is 14.9 Å². The topological polar surface area (TPSA) is 66.8 Å². The van der Waals surface area contributed by atoms with Crippen molar-refractivity contribution in [2.75, 3.05) is 6.61 Å². The van der Waals surface area contributed by atoms with Crippen LogP contribution in [0.1, 0.15) is 30.9 Å². The normalized spacial score (nSPS) is 11.0. The van der Waals surface area contributed by atoms with Gasteiger partial charge in [0.05, 0.1) is 0 Å². The van der Waals surface area contributed by atoms with E-state index in [-0.39, 0.29) is 30.5 Å². The van der Waals surface area contributed by atoms with Crippen molar-refractivity contribution < 1.29 is 19.7 Å². The lowest BCUT2D eigenvalue weighted by Gasteiger charge is -2.32. The molecule has 0 saturated carbocycles. The fourth-order valence-corrected chi connectivity index (χ4v) is 2.87. The number of rotatable bonds is 7. The third-order valence-electron chi connectivity index (χ3n) is 4.19. The van der Waals surface area contributed by atoms with E-state index in [4.69, 9.17) is 4.74 Å². The average Bonchev–Trinajstić information content (AvgIpc) is 2.58. The van der Waals surface area contributed by atoms with Crippen LogP contribution in [0, 0.1) is 0 Å². The number of benzene rings is 2. The van der Waals surface area contributed by atoms with Crippen LogP contribution in [0.2, 0.25) is 0 Å². The van der Waals surface area contributed by atoms with Crippen LogP contribution >= 0.6 is 0 Å². The molecule has 0 heterocycles. The van der Waals surface area contributed by atoms with Gasteiger partial charge >= 0.3 is 5.97 Å². The summed E-state index contributed by atoms with van der Waals surface area (Å²) in [6, 6.07) is 13.9. The molecule has 0 aliphatic rings. The van der Waals surface area contributed by atoms with Crippen LogP contribution in [0.3, 0.4) is 0 Å². The first kappa shape index (κ1) is 17.6. The standard InChI is InChI=1S/C20H22O4/c1-3-14-24-19(23)12-13-20(2,15-8-4-6-10-17(15)21)16-9-5-7-11-18(16)22/h3-11,21-22H,1,12-14H2,2H3. The molecule has 2 rings (SSSR count). The van der Waals surface area contributed by atoms with Gasteiger partial charge in [-0.25, -0.2) is 0 Å². The van der Waals surface area contributed by atoms with Crippen molar-refractivity contribution in [2.24, 2.45) is 0 Å². The Kier molecular flexibility index (Phi) is 5.64. The molecule has 0 aromatic heterocycles. The van der Waals surface area contributed by atoms with E-state index >= 15 is 0 Å². The monoisotopic (exact) mass is 326 g/mol. The van der Waals surface area contributed by atoms with Gasteiger partial charge in [0, 0.05) is 23.0 Å². The first-order valence-electron chi connectivity index (χ1n) is 7.82. The Labute approximate surface area is 142 Å². The molecule has 126 valence electrons. The molecule has 2 N–H and O–H groups in total. The molecule has 0 spiro atoms. The zero-order chi connectivity index (χ0) is 17.6. The van der Waals surface area contributed by atoms with Gasteiger partial charge in [0.25, 0.3) is 0 Å². The zero-order valence-electron chi connectivity index (χ0n) is 13.7. The Bertz CT molecular complexity index is 676. The van der Waals surface area contributed by atoms with E-state index in [0.29, 0.717) is 17.5 Å². The minimum atomic E-state index is -0.732. The summed E-state index contributed by atoms with van der Waals surface area (Å²) >= 11 is 0. The van der Waals surface area contributed by atoms with Crippen LogP contribution in [0.25, 0.3) is 0 Å². The van der Waals surface area contributed by atoms with E-state index in [0.717, 1.165) is 0 Å². The number of phenols is 2. The summed E-state index contributed by atoms with van der Waals surface area (Å²) < 4.78 is 5.04. The molecule has 0 unspecified atom stereocenters. The van der Waals surface area contributed by atoms with E-state index in [1.807, 2.05) is 19.1 Å². The average molecular weight is 326 g/mol. The highest BCUT2D eigenvalue weighted by Gasteiger charge is 2.34. The molecule has 0 atom stereocenters. The molecule has 0 aliphatic carbocycles. The van der Waals surface area contributed by atoms with E-state index in [9.17, 15) is 15.0 Å². The lowest BCUT2D eigenvalue weighted by molar-refractivity contribution is -0.142. The number of para-hydroxylation sites is 2. The molecule has 4 heteroatoms. The molecule has 0 amide bonds. The van der Waals surface area contributed by atoms with Gasteiger partial charge in [-0.3, -0.25) is 4.79 Å². The van der Waals surface area contributed by atoms with E-state index in [1.54, 1.807) is 36.4 Å². The van der Waals surface area contributed by atoms with Crippen molar-refractivity contribution in [2.45, 2.75) is 25.2 Å². The van der Waals surface area contributed by atoms with Crippen LogP contribution < -0.4 is 0 Å². The van der Waals surface area contributed by atoms with Crippen molar-refractivity contribution in [1.29, 1.82) is 0 Å². The second-order valence-corrected chi connectivity index (χ2v) is 5.84. The molecule has 2 aromatic rings. The first-order chi connectivity index (χ1) is 11.5. The summed E-state index contributed by atoms with van der Waals surface area (Å²) in [5.41, 5.74) is 0.579. The number of hydrogen-bond donors (Lipinski definition) is 2. The number of carbonyl (C=O) groups excluding carboxylic acids is 1. The molecular weight excluding hydrogens is 304 g/mol. The van der Waals surface area contributed by atoms with Crippen molar-refractivity contribution in [3.8, 4) is 11.5 Å². The SMILES string of the molecule is C=CCOC(=O)CCC(C)(c1ccccc1O)c1ccccc1O. The summed E-state index contributed by atoms with van der Waals surface area (Å²) in [5, 5.41) is 20.6. The summed E-state index contributed by atoms with van der Waals surface area (Å²) in [5.74, 6) is -0.0857. The number of carbonyl (C=O) groups is 1. The minimum Gasteiger partial charge on any atom is -0.508 e. The van der Waals surface area contributed by atoms with Gasteiger partial charge in [0.2, 0.25) is 0 Å². The minimum absolute atomic E-state index is 0.128. The van der Waals surface area contributed by atoms with Crippen molar-refractivity contribution >= 4 is 5.97 Å². The second-order valence-electron chi connectivity index (χ2n) is 5.84. The molecule has 0 bridgehead atoms. The molecule has 4 nitrogen and oxygen atoms in total. The Morgan fingerprint density at radius 2 is 1.58 bits per heavy atom. The third kappa shape index (κ3) is 3.77. The predicted octanol–water partition coefficient (Wildman–Crippen LogP) is 3.91. The van der Waals surface area contributed by atoms with Crippen molar-refractivity contribution in [3.05, 3.63) is 72.3 Å². The summed E-state index contributed by atoms with van der Waals surface area (Å²) in [6.45, 7) is 5.59. The number of phenolic OH excluding ortho intramolecular Hbond substituents is 2. The maximum absolute atomic E-state index is 11.9. The number of hydrogen-bond acceptors (Lipinski definition) is 4. The maximum atomic E-state index is 11.9. The summed E-state index contributed by atoms with van der Waals surface area (Å²) in [4.78, 5) is 11.9. The van der Waals surface area contributed by atoms with Crippen molar-refractivity contribution in [1.82, 2.24) is 0 Å². The molecular formula is C20H22O4. The predicted molar refractivity (Wildman–Crippen MR) is 93.1 cm³/mol. The van der Waals surface area contributed by atoms with Gasteiger partial charge in [-0.15, -0.1) is 0 Å². The highest BCUT2D eigenvalue weighted by molar-refractivity contribution is 5.70. The smallest absolute Gasteiger partial charge is 0.306 e. The van der Waals surface area contributed by atoms with Gasteiger partial charge in [-0.05, 0) is 18.6 Å². The molecule has 0 radical (unpaired) electrons. The zero-order valence-corrected chi connectivity index (χ0v) is 13.7. The van der Waals surface area contributed by atoms with Crippen LogP contribution in [-0.2, 0) is 14.9 Å². The molecule has 0 aliphatic heterocycles. The Morgan fingerprint density at radius 1 is 1.08 bits per heavy atom. The maximum Gasteiger partial charge on any atom is 0.306 e. The van der Waals surface area contributed by atoms with E-state index in [2.05, 4.69) is 6.58 Å². The molecule has 2 aromatic carbocycles. The number of ether oxygens (including phenoxy) is 1. The highest BCUT2D eigenvalue weighted by atomic mass is 16.5.